The smallest absolute Gasteiger partial charge is 0.138 e. The Kier molecular flexibility index (Phi) is 5.29. The van der Waals surface area contributed by atoms with Crippen LogP contribution in [0.1, 0.15) is 25.2 Å². The van der Waals surface area contributed by atoms with E-state index in [2.05, 4.69) is 22.5 Å². The van der Waals surface area contributed by atoms with Gasteiger partial charge in [0, 0.05) is 12.4 Å². The van der Waals surface area contributed by atoms with E-state index in [1.807, 2.05) is 13.8 Å². The summed E-state index contributed by atoms with van der Waals surface area (Å²) < 4.78 is 0. The molecule has 0 amide bonds. The number of nitrogens with zero attached hydrogens (tertiary/aromatic N) is 2. The van der Waals surface area contributed by atoms with Crippen molar-refractivity contribution in [3.8, 4) is 12.3 Å². The summed E-state index contributed by atoms with van der Waals surface area (Å²) in [5, 5.41) is 0. The highest BCUT2D eigenvalue weighted by Crippen LogP contribution is 1.99. The van der Waals surface area contributed by atoms with Crippen molar-refractivity contribution in [3.63, 3.8) is 0 Å². The van der Waals surface area contributed by atoms with E-state index in [-0.39, 0.29) is 0 Å². The first kappa shape index (κ1) is 10.4. The summed E-state index contributed by atoms with van der Waals surface area (Å²) in [4.78, 5) is 7.84. The van der Waals surface area contributed by atoms with E-state index >= 15 is 0 Å². The summed E-state index contributed by atoms with van der Waals surface area (Å²) in [6.45, 7) is 7.54. The predicted molar refractivity (Wildman–Crippen MR) is 51.4 cm³/mol. The van der Waals surface area contributed by atoms with E-state index in [0.717, 1.165) is 0 Å². The molecule has 0 aliphatic rings. The fourth-order valence-corrected chi connectivity index (χ4v) is 0.609. The molecule has 0 saturated heterocycles. The minimum absolute atomic E-state index is 0.539. The first-order valence-electron chi connectivity index (χ1n) is 3.78. The third-order valence-corrected chi connectivity index (χ3v) is 1.06. The molecule has 0 N–H and O–H groups in total. The van der Waals surface area contributed by atoms with Crippen LogP contribution in [0, 0.1) is 12.3 Å². The lowest BCUT2D eigenvalue weighted by atomic mass is 10.3. The highest BCUT2D eigenvalue weighted by molar-refractivity contribution is 5.49. The van der Waals surface area contributed by atoms with E-state index in [4.69, 9.17) is 6.42 Å². The average molecular weight is 160 g/mol. The van der Waals surface area contributed by atoms with Crippen LogP contribution >= 0.6 is 0 Å². The first-order valence-corrected chi connectivity index (χ1v) is 3.78. The molecule has 0 aromatic carbocycles. The van der Waals surface area contributed by atoms with Crippen molar-refractivity contribution in [2.75, 3.05) is 0 Å². The fraction of sp³-hybridized carbons (Fsp3) is 0.200. The molecule has 62 valence electrons. The van der Waals surface area contributed by atoms with Gasteiger partial charge in [-0.15, -0.1) is 6.42 Å². The van der Waals surface area contributed by atoms with E-state index in [1.54, 1.807) is 18.5 Å². The molecule has 1 aromatic rings. The van der Waals surface area contributed by atoms with Gasteiger partial charge in [0.2, 0.25) is 0 Å². The zero-order valence-corrected chi connectivity index (χ0v) is 7.41. The Morgan fingerprint density at radius 2 is 2.00 bits per heavy atom. The lowest BCUT2D eigenvalue weighted by molar-refractivity contribution is 1.15. The van der Waals surface area contributed by atoms with Gasteiger partial charge in [0.1, 0.15) is 5.69 Å². The second-order valence-electron chi connectivity index (χ2n) is 1.64. The van der Waals surface area contributed by atoms with Crippen molar-refractivity contribution in [1.82, 2.24) is 9.97 Å². The Morgan fingerprint density at radius 3 is 2.42 bits per heavy atom. The number of rotatable bonds is 1. The van der Waals surface area contributed by atoms with Gasteiger partial charge in [-0.2, -0.15) is 0 Å². The fourth-order valence-electron chi connectivity index (χ4n) is 0.609. The molecule has 1 aromatic heterocycles. The van der Waals surface area contributed by atoms with Crippen molar-refractivity contribution >= 4 is 6.08 Å². The van der Waals surface area contributed by atoms with Crippen molar-refractivity contribution in [3.05, 3.63) is 30.4 Å². The molecular formula is C10H12N2. The number of aromatic nitrogens is 2. The number of terminal acetylenes is 1. The Hall–Kier alpha value is -1.62. The second-order valence-corrected chi connectivity index (χ2v) is 1.64. The standard InChI is InChI=1S/C8H6N2.C2H6/c1-3-7-8(4-2)10-6-5-9-7;1-2/h1,4-6H,2H2;1-2H3. The van der Waals surface area contributed by atoms with Gasteiger partial charge in [0.25, 0.3) is 0 Å². The van der Waals surface area contributed by atoms with Gasteiger partial charge in [-0.1, -0.05) is 20.4 Å². The minimum Gasteiger partial charge on any atom is -0.252 e. The van der Waals surface area contributed by atoms with Gasteiger partial charge in [-0.25, -0.2) is 4.98 Å². The molecule has 1 heterocycles. The van der Waals surface area contributed by atoms with Gasteiger partial charge in [0.05, 0.1) is 5.69 Å². The van der Waals surface area contributed by atoms with Gasteiger partial charge in [-0.3, -0.25) is 4.98 Å². The molecular weight excluding hydrogens is 148 g/mol. The van der Waals surface area contributed by atoms with Gasteiger partial charge >= 0.3 is 0 Å². The summed E-state index contributed by atoms with van der Waals surface area (Å²) in [5.41, 5.74) is 1.20. The topological polar surface area (TPSA) is 25.8 Å². The zero-order valence-electron chi connectivity index (χ0n) is 7.41. The monoisotopic (exact) mass is 160 g/mol. The molecule has 12 heavy (non-hydrogen) atoms. The number of hydrogen-bond donors (Lipinski definition) is 0. The average Bonchev–Trinajstić information content (AvgIpc) is 2.20. The van der Waals surface area contributed by atoms with Crippen molar-refractivity contribution in [1.29, 1.82) is 0 Å². The SMILES string of the molecule is C#Cc1nccnc1C=C.CC. The van der Waals surface area contributed by atoms with Crippen LogP contribution in [0.4, 0.5) is 0 Å². The van der Waals surface area contributed by atoms with E-state index in [1.165, 1.54) is 0 Å². The van der Waals surface area contributed by atoms with Crippen molar-refractivity contribution in [2.45, 2.75) is 13.8 Å². The minimum atomic E-state index is 0.539. The summed E-state index contributed by atoms with van der Waals surface area (Å²) >= 11 is 0. The lowest BCUT2D eigenvalue weighted by Crippen LogP contribution is -1.89. The zero-order chi connectivity index (χ0) is 9.40. The molecule has 0 saturated carbocycles. The van der Waals surface area contributed by atoms with Crippen molar-refractivity contribution in [2.24, 2.45) is 0 Å². The predicted octanol–water partition coefficient (Wildman–Crippen LogP) is 2.13. The molecule has 0 bridgehead atoms. The highest BCUT2D eigenvalue weighted by atomic mass is 14.8. The Morgan fingerprint density at radius 1 is 1.42 bits per heavy atom. The highest BCUT2D eigenvalue weighted by Gasteiger charge is 1.93. The van der Waals surface area contributed by atoms with E-state index < -0.39 is 0 Å². The van der Waals surface area contributed by atoms with Gasteiger partial charge in [-0.05, 0) is 12.0 Å². The van der Waals surface area contributed by atoms with Gasteiger partial charge < -0.3 is 0 Å². The van der Waals surface area contributed by atoms with Crippen LogP contribution in [0.25, 0.3) is 6.08 Å². The molecule has 1 rings (SSSR count). The van der Waals surface area contributed by atoms with Crippen LogP contribution in [-0.4, -0.2) is 9.97 Å². The van der Waals surface area contributed by atoms with Gasteiger partial charge in [0.15, 0.2) is 0 Å². The second kappa shape index (κ2) is 6.11. The maximum absolute atomic E-state index is 5.13. The molecule has 0 fully saturated rings. The summed E-state index contributed by atoms with van der Waals surface area (Å²) in [6.07, 6.45) is 9.85. The Bertz CT molecular complexity index is 284. The third-order valence-electron chi connectivity index (χ3n) is 1.06. The summed E-state index contributed by atoms with van der Waals surface area (Å²) in [6, 6.07) is 0. The first-order chi connectivity index (χ1) is 5.88. The molecule has 0 spiro atoms. The number of hydrogen-bond acceptors (Lipinski definition) is 2. The van der Waals surface area contributed by atoms with Crippen LogP contribution < -0.4 is 0 Å². The van der Waals surface area contributed by atoms with E-state index in [9.17, 15) is 0 Å². The van der Waals surface area contributed by atoms with E-state index in [0.29, 0.717) is 11.4 Å². The molecule has 0 unspecified atom stereocenters. The van der Waals surface area contributed by atoms with Crippen LogP contribution in [0.2, 0.25) is 0 Å². The molecule has 0 aliphatic heterocycles. The van der Waals surface area contributed by atoms with Crippen LogP contribution in [0.3, 0.4) is 0 Å². The molecule has 0 atom stereocenters. The lowest BCUT2D eigenvalue weighted by Gasteiger charge is -1.92. The largest absolute Gasteiger partial charge is 0.252 e. The molecule has 2 heteroatoms. The summed E-state index contributed by atoms with van der Waals surface area (Å²) in [5.74, 6) is 2.40. The Balaban J connectivity index is 0.000000561. The van der Waals surface area contributed by atoms with Crippen LogP contribution in [0.15, 0.2) is 19.0 Å². The Labute approximate surface area is 73.4 Å². The third kappa shape index (κ3) is 2.55. The van der Waals surface area contributed by atoms with Crippen molar-refractivity contribution < 1.29 is 0 Å². The van der Waals surface area contributed by atoms with Crippen LogP contribution in [-0.2, 0) is 0 Å². The maximum atomic E-state index is 5.13. The molecule has 0 radical (unpaired) electrons. The maximum Gasteiger partial charge on any atom is 0.138 e. The quantitative estimate of drug-likeness (QED) is 0.588. The summed E-state index contributed by atoms with van der Waals surface area (Å²) in [7, 11) is 0. The molecule has 2 nitrogen and oxygen atoms in total. The van der Waals surface area contributed by atoms with Crippen LogP contribution in [0.5, 0.6) is 0 Å². The molecule has 0 aliphatic carbocycles. The normalized spacial score (nSPS) is 7.42.